The number of halogens is 2. The third-order valence-corrected chi connectivity index (χ3v) is 3.99. The fourth-order valence-electron chi connectivity index (χ4n) is 2.09. The van der Waals surface area contributed by atoms with Crippen LogP contribution in [-0.4, -0.2) is 18.5 Å². The van der Waals surface area contributed by atoms with Gasteiger partial charge in [0.25, 0.3) is 5.91 Å². The average molecular weight is 366 g/mol. The highest BCUT2D eigenvalue weighted by Gasteiger charge is 2.15. The number of amides is 1. The normalized spacial score (nSPS) is 11.7. The van der Waals surface area contributed by atoms with Gasteiger partial charge in [-0.3, -0.25) is 4.79 Å². The fraction of sp³-hybridized carbons (Fsp3) is 0.222. The highest BCUT2D eigenvalue weighted by molar-refractivity contribution is 6.36. The van der Waals surface area contributed by atoms with Gasteiger partial charge in [-0.05, 0) is 37.6 Å². The minimum absolute atomic E-state index is 0.167. The molecule has 0 aromatic heterocycles. The van der Waals surface area contributed by atoms with Gasteiger partial charge < -0.3 is 10.1 Å². The molecule has 0 heterocycles. The first-order chi connectivity index (χ1) is 11.4. The largest absolute Gasteiger partial charge is 0.452 e. The van der Waals surface area contributed by atoms with E-state index in [9.17, 15) is 9.59 Å². The molecule has 0 spiro atoms. The summed E-state index contributed by atoms with van der Waals surface area (Å²) in [6.07, 6.45) is 0. The molecule has 0 radical (unpaired) electrons. The molecule has 0 bridgehead atoms. The number of esters is 1. The summed E-state index contributed by atoms with van der Waals surface area (Å²) in [5.74, 6) is -1.06. The number of benzene rings is 2. The van der Waals surface area contributed by atoms with Crippen LogP contribution in [0.4, 0.5) is 0 Å². The Hall–Kier alpha value is -2.04. The van der Waals surface area contributed by atoms with Crippen molar-refractivity contribution in [2.45, 2.75) is 19.9 Å². The van der Waals surface area contributed by atoms with Crippen molar-refractivity contribution in [2.75, 3.05) is 6.61 Å². The van der Waals surface area contributed by atoms with Crippen LogP contribution in [0.2, 0.25) is 10.0 Å². The molecule has 0 unspecified atom stereocenters. The zero-order valence-corrected chi connectivity index (χ0v) is 14.8. The van der Waals surface area contributed by atoms with Crippen LogP contribution in [0, 0.1) is 6.92 Å². The second kappa shape index (κ2) is 8.18. The lowest BCUT2D eigenvalue weighted by atomic mass is 10.1. The molecule has 1 atom stereocenters. The maximum absolute atomic E-state index is 11.9. The van der Waals surface area contributed by atoms with Crippen molar-refractivity contribution < 1.29 is 14.3 Å². The molecule has 126 valence electrons. The van der Waals surface area contributed by atoms with Crippen LogP contribution in [0.15, 0.2) is 42.5 Å². The lowest BCUT2D eigenvalue weighted by Gasteiger charge is -2.14. The van der Waals surface area contributed by atoms with Crippen LogP contribution in [0.3, 0.4) is 0 Å². The highest BCUT2D eigenvalue weighted by atomic mass is 35.5. The molecule has 2 rings (SSSR count). The summed E-state index contributed by atoms with van der Waals surface area (Å²) in [5, 5.41) is 3.38. The summed E-state index contributed by atoms with van der Waals surface area (Å²) in [7, 11) is 0. The molecule has 2 aromatic rings. The zero-order chi connectivity index (χ0) is 17.7. The summed E-state index contributed by atoms with van der Waals surface area (Å²) < 4.78 is 4.99. The SMILES string of the molecule is Cc1ccc([C@H](C)NC(=O)COC(=O)c2ccc(Cl)cc2Cl)cc1. The quantitative estimate of drug-likeness (QED) is 0.801. The first-order valence-corrected chi connectivity index (χ1v) is 8.10. The number of hydrogen-bond acceptors (Lipinski definition) is 3. The maximum atomic E-state index is 11.9. The Kier molecular flexibility index (Phi) is 6.23. The molecule has 0 aliphatic rings. The van der Waals surface area contributed by atoms with Gasteiger partial charge in [-0.2, -0.15) is 0 Å². The molecule has 0 aliphatic carbocycles. The smallest absolute Gasteiger partial charge is 0.340 e. The van der Waals surface area contributed by atoms with Gasteiger partial charge >= 0.3 is 5.97 Å². The fourth-order valence-corrected chi connectivity index (χ4v) is 2.57. The predicted molar refractivity (Wildman–Crippen MR) is 94.5 cm³/mol. The highest BCUT2D eigenvalue weighted by Crippen LogP contribution is 2.21. The summed E-state index contributed by atoms with van der Waals surface area (Å²) in [5.41, 5.74) is 2.28. The predicted octanol–water partition coefficient (Wildman–Crippen LogP) is 4.34. The van der Waals surface area contributed by atoms with Gasteiger partial charge in [0.15, 0.2) is 6.61 Å². The van der Waals surface area contributed by atoms with Crippen LogP contribution >= 0.6 is 23.2 Å². The van der Waals surface area contributed by atoms with Crippen LogP contribution in [0.25, 0.3) is 0 Å². The molecular formula is C18H17Cl2NO3. The second-order valence-corrected chi connectivity index (χ2v) is 6.24. The minimum atomic E-state index is -0.671. The summed E-state index contributed by atoms with van der Waals surface area (Å²) in [4.78, 5) is 23.9. The van der Waals surface area contributed by atoms with E-state index in [2.05, 4.69) is 5.32 Å². The third kappa shape index (κ3) is 4.98. The Morgan fingerprint density at radius 3 is 2.42 bits per heavy atom. The molecular weight excluding hydrogens is 349 g/mol. The molecule has 1 N–H and O–H groups in total. The Balaban J connectivity index is 1.88. The zero-order valence-electron chi connectivity index (χ0n) is 13.3. The van der Waals surface area contributed by atoms with Crippen molar-refractivity contribution in [3.63, 3.8) is 0 Å². The Morgan fingerprint density at radius 2 is 1.79 bits per heavy atom. The number of ether oxygens (including phenoxy) is 1. The molecule has 1 amide bonds. The Bertz CT molecular complexity index is 744. The number of nitrogens with one attached hydrogen (secondary N) is 1. The number of carbonyl (C=O) groups excluding carboxylic acids is 2. The number of aryl methyl sites for hydroxylation is 1. The van der Waals surface area contributed by atoms with Crippen molar-refractivity contribution in [1.82, 2.24) is 5.32 Å². The second-order valence-electron chi connectivity index (χ2n) is 5.40. The van der Waals surface area contributed by atoms with E-state index in [0.29, 0.717) is 5.02 Å². The Morgan fingerprint density at radius 1 is 1.12 bits per heavy atom. The molecule has 6 heteroatoms. The van der Waals surface area contributed by atoms with Crippen molar-refractivity contribution in [2.24, 2.45) is 0 Å². The molecule has 0 saturated carbocycles. The van der Waals surface area contributed by atoms with E-state index < -0.39 is 5.97 Å². The summed E-state index contributed by atoms with van der Waals surface area (Å²) >= 11 is 11.7. The molecule has 2 aromatic carbocycles. The van der Waals surface area contributed by atoms with Crippen LogP contribution in [0.5, 0.6) is 0 Å². The van der Waals surface area contributed by atoms with Crippen molar-refractivity contribution in [3.8, 4) is 0 Å². The molecule has 0 fully saturated rings. The van der Waals surface area contributed by atoms with Crippen LogP contribution in [0.1, 0.15) is 34.5 Å². The van der Waals surface area contributed by atoms with Gasteiger partial charge in [0, 0.05) is 5.02 Å². The molecule has 0 saturated heterocycles. The van der Waals surface area contributed by atoms with Crippen LogP contribution in [-0.2, 0) is 9.53 Å². The molecule has 4 nitrogen and oxygen atoms in total. The number of carbonyl (C=O) groups is 2. The monoisotopic (exact) mass is 365 g/mol. The van der Waals surface area contributed by atoms with Crippen LogP contribution < -0.4 is 5.32 Å². The van der Waals surface area contributed by atoms with Gasteiger partial charge in [0.2, 0.25) is 0 Å². The lowest BCUT2D eigenvalue weighted by Crippen LogP contribution is -2.31. The van der Waals surface area contributed by atoms with Gasteiger partial charge in [-0.15, -0.1) is 0 Å². The van der Waals surface area contributed by atoms with Gasteiger partial charge in [0.1, 0.15) is 0 Å². The van der Waals surface area contributed by atoms with E-state index in [-0.39, 0.29) is 29.1 Å². The van der Waals surface area contributed by atoms with Gasteiger partial charge in [0.05, 0.1) is 16.6 Å². The first-order valence-electron chi connectivity index (χ1n) is 7.35. The standard InChI is InChI=1S/C18H17Cl2NO3/c1-11-3-5-13(6-4-11)12(2)21-17(22)10-24-18(23)15-8-7-14(19)9-16(15)20/h3-9,12H,10H2,1-2H3,(H,21,22)/t12-/m0/s1. The third-order valence-electron chi connectivity index (χ3n) is 3.44. The number of rotatable bonds is 5. The van der Waals surface area contributed by atoms with E-state index in [1.165, 1.54) is 18.2 Å². The Labute approximate surface area is 150 Å². The van der Waals surface area contributed by atoms with Crippen molar-refractivity contribution >= 4 is 35.1 Å². The van der Waals surface area contributed by atoms with E-state index in [1.54, 1.807) is 0 Å². The maximum Gasteiger partial charge on any atom is 0.340 e. The summed E-state index contributed by atoms with van der Waals surface area (Å²) in [6.45, 7) is 3.48. The van der Waals surface area contributed by atoms with E-state index in [4.69, 9.17) is 27.9 Å². The molecule has 24 heavy (non-hydrogen) atoms. The lowest BCUT2D eigenvalue weighted by molar-refractivity contribution is -0.124. The van der Waals surface area contributed by atoms with Gasteiger partial charge in [-0.1, -0.05) is 53.0 Å². The van der Waals surface area contributed by atoms with E-state index >= 15 is 0 Å². The topological polar surface area (TPSA) is 55.4 Å². The van der Waals surface area contributed by atoms with Crippen molar-refractivity contribution in [1.29, 1.82) is 0 Å². The van der Waals surface area contributed by atoms with E-state index in [1.807, 2.05) is 38.1 Å². The number of hydrogen-bond donors (Lipinski definition) is 1. The van der Waals surface area contributed by atoms with E-state index in [0.717, 1.165) is 11.1 Å². The van der Waals surface area contributed by atoms with Crippen molar-refractivity contribution in [3.05, 3.63) is 69.2 Å². The first kappa shape index (κ1) is 18.3. The van der Waals surface area contributed by atoms with Gasteiger partial charge in [-0.25, -0.2) is 4.79 Å². The minimum Gasteiger partial charge on any atom is -0.452 e. The average Bonchev–Trinajstić information content (AvgIpc) is 2.53. The summed E-state index contributed by atoms with van der Waals surface area (Å²) in [6, 6.07) is 12.1. The molecule has 0 aliphatic heterocycles.